The van der Waals surface area contributed by atoms with Gasteiger partial charge in [-0.25, -0.2) is 0 Å². The second-order valence-corrected chi connectivity index (χ2v) is 3.42. The van der Waals surface area contributed by atoms with Crippen molar-refractivity contribution in [2.75, 3.05) is 20.3 Å². The fourth-order valence-corrected chi connectivity index (χ4v) is 1.38. The van der Waals surface area contributed by atoms with E-state index in [0.717, 1.165) is 25.1 Å². The fourth-order valence-electron chi connectivity index (χ4n) is 1.38. The molecule has 0 heterocycles. The molecule has 0 amide bonds. The van der Waals surface area contributed by atoms with Gasteiger partial charge in [0, 0.05) is 18.7 Å². The van der Waals surface area contributed by atoms with Gasteiger partial charge in [-0.3, -0.25) is 0 Å². The van der Waals surface area contributed by atoms with Gasteiger partial charge < -0.3 is 15.2 Å². The Balaban J connectivity index is 2.44. The van der Waals surface area contributed by atoms with Crippen molar-refractivity contribution in [2.24, 2.45) is 0 Å². The normalized spacial score (nSPS) is 10.3. The van der Waals surface area contributed by atoms with Crippen molar-refractivity contribution in [1.82, 2.24) is 5.32 Å². The molecule has 0 aliphatic heterocycles. The molecule has 0 bridgehead atoms. The molecule has 0 aliphatic carbocycles. The Morgan fingerprint density at radius 3 is 2.80 bits per heavy atom. The summed E-state index contributed by atoms with van der Waals surface area (Å²) in [5.41, 5.74) is 1.17. The van der Waals surface area contributed by atoms with E-state index in [1.54, 1.807) is 0 Å². The monoisotopic (exact) mass is 209 g/mol. The molecule has 0 aromatic heterocycles. The minimum Gasteiger partial charge on any atom is -0.493 e. The highest BCUT2D eigenvalue weighted by atomic mass is 16.5. The predicted octanol–water partition coefficient (Wildman–Crippen LogP) is 1.56. The second-order valence-electron chi connectivity index (χ2n) is 3.42. The molecule has 0 aliphatic rings. The third-order valence-corrected chi connectivity index (χ3v) is 2.15. The summed E-state index contributed by atoms with van der Waals surface area (Å²) in [5, 5.41) is 11.7. The molecule has 1 aromatic rings. The van der Waals surface area contributed by atoms with Gasteiger partial charge in [-0.1, -0.05) is 18.2 Å². The minimum absolute atomic E-state index is 0.238. The summed E-state index contributed by atoms with van der Waals surface area (Å²) in [4.78, 5) is 0. The third-order valence-electron chi connectivity index (χ3n) is 2.15. The van der Waals surface area contributed by atoms with E-state index in [4.69, 9.17) is 9.84 Å². The minimum atomic E-state index is 0.238. The number of aliphatic hydroxyl groups excluding tert-OH is 1. The third kappa shape index (κ3) is 4.32. The van der Waals surface area contributed by atoms with Crippen molar-refractivity contribution >= 4 is 0 Å². The molecule has 0 atom stereocenters. The molecule has 3 heteroatoms. The maximum Gasteiger partial charge on any atom is 0.123 e. The van der Waals surface area contributed by atoms with Crippen LogP contribution in [0.3, 0.4) is 0 Å². The number of hydrogen-bond donors (Lipinski definition) is 2. The highest BCUT2D eigenvalue weighted by Gasteiger charge is 2.00. The Kier molecular flexibility index (Phi) is 5.81. The Hall–Kier alpha value is -1.06. The van der Waals surface area contributed by atoms with Crippen molar-refractivity contribution in [3.05, 3.63) is 29.8 Å². The van der Waals surface area contributed by atoms with E-state index in [9.17, 15) is 0 Å². The van der Waals surface area contributed by atoms with E-state index in [2.05, 4.69) is 11.4 Å². The zero-order valence-electron chi connectivity index (χ0n) is 9.20. The van der Waals surface area contributed by atoms with Gasteiger partial charge in [0.05, 0.1) is 6.61 Å². The van der Waals surface area contributed by atoms with Gasteiger partial charge >= 0.3 is 0 Å². The number of aliphatic hydroxyl groups is 1. The van der Waals surface area contributed by atoms with Crippen LogP contribution in [0.25, 0.3) is 0 Å². The lowest BCUT2D eigenvalue weighted by molar-refractivity contribution is 0.252. The van der Waals surface area contributed by atoms with Gasteiger partial charge in [0.1, 0.15) is 5.75 Å². The van der Waals surface area contributed by atoms with Crippen molar-refractivity contribution in [3.8, 4) is 5.75 Å². The Bertz CT molecular complexity index is 276. The molecule has 3 nitrogen and oxygen atoms in total. The number of ether oxygens (including phenoxy) is 1. The van der Waals surface area contributed by atoms with E-state index in [1.165, 1.54) is 5.56 Å². The maximum absolute atomic E-state index is 8.64. The van der Waals surface area contributed by atoms with Crippen molar-refractivity contribution in [2.45, 2.75) is 19.4 Å². The number of unbranched alkanes of at least 4 members (excludes halogenated alkanes) is 1. The molecule has 2 N–H and O–H groups in total. The largest absolute Gasteiger partial charge is 0.493 e. The van der Waals surface area contributed by atoms with Crippen LogP contribution < -0.4 is 10.1 Å². The van der Waals surface area contributed by atoms with E-state index < -0.39 is 0 Å². The molecule has 0 saturated heterocycles. The summed E-state index contributed by atoms with van der Waals surface area (Å²) in [6.07, 6.45) is 1.69. The zero-order chi connectivity index (χ0) is 10.9. The van der Waals surface area contributed by atoms with Gasteiger partial charge in [-0.05, 0) is 26.0 Å². The van der Waals surface area contributed by atoms with Gasteiger partial charge in [0.15, 0.2) is 0 Å². The van der Waals surface area contributed by atoms with Gasteiger partial charge in [0.25, 0.3) is 0 Å². The summed E-state index contributed by atoms with van der Waals surface area (Å²) < 4.78 is 5.64. The fraction of sp³-hybridized carbons (Fsp3) is 0.500. The Morgan fingerprint density at radius 2 is 2.07 bits per heavy atom. The van der Waals surface area contributed by atoms with Gasteiger partial charge in [-0.15, -0.1) is 0 Å². The lowest BCUT2D eigenvalue weighted by Gasteiger charge is -2.10. The molecule has 0 radical (unpaired) electrons. The molecule has 1 aromatic carbocycles. The molecule has 0 unspecified atom stereocenters. The van der Waals surface area contributed by atoms with E-state index in [0.29, 0.717) is 6.61 Å². The van der Waals surface area contributed by atoms with Crippen molar-refractivity contribution in [1.29, 1.82) is 0 Å². The highest BCUT2D eigenvalue weighted by molar-refractivity contribution is 5.33. The van der Waals surface area contributed by atoms with Crippen LogP contribution in [-0.2, 0) is 6.54 Å². The van der Waals surface area contributed by atoms with Crippen LogP contribution in [-0.4, -0.2) is 25.4 Å². The molecule has 0 spiro atoms. The number of rotatable bonds is 7. The quantitative estimate of drug-likeness (QED) is 0.670. The number of benzene rings is 1. The summed E-state index contributed by atoms with van der Waals surface area (Å²) >= 11 is 0. The van der Waals surface area contributed by atoms with Crippen LogP contribution in [0.1, 0.15) is 18.4 Å². The molecule has 1 rings (SSSR count). The van der Waals surface area contributed by atoms with Crippen LogP contribution >= 0.6 is 0 Å². The van der Waals surface area contributed by atoms with E-state index >= 15 is 0 Å². The first-order valence-corrected chi connectivity index (χ1v) is 5.34. The summed E-state index contributed by atoms with van der Waals surface area (Å²) in [6.45, 7) is 1.72. The zero-order valence-corrected chi connectivity index (χ0v) is 9.20. The van der Waals surface area contributed by atoms with Gasteiger partial charge in [0.2, 0.25) is 0 Å². The molecule has 84 valence electrons. The Labute approximate surface area is 91.1 Å². The second kappa shape index (κ2) is 7.26. The average Bonchev–Trinajstić information content (AvgIpc) is 2.27. The lowest BCUT2D eigenvalue weighted by atomic mass is 10.2. The molecule has 0 saturated carbocycles. The summed E-state index contributed by atoms with van der Waals surface area (Å²) in [5.74, 6) is 0.935. The van der Waals surface area contributed by atoms with Crippen LogP contribution in [0, 0.1) is 0 Å². The van der Waals surface area contributed by atoms with Crippen molar-refractivity contribution < 1.29 is 9.84 Å². The van der Waals surface area contributed by atoms with Crippen LogP contribution in [0.4, 0.5) is 0 Å². The van der Waals surface area contributed by atoms with Crippen molar-refractivity contribution in [3.63, 3.8) is 0 Å². The topological polar surface area (TPSA) is 41.5 Å². The van der Waals surface area contributed by atoms with E-state index in [1.807, 2.05) is 25.2 Å². The molecular formula is C12H19NO2. The van der Waals surface area contributed by atoms with Crippen LogP contribution in [0.2, 0.25) is 0 Å². The average molecular weight is 209 g/mol. The maximum atomic E-state index is 8.64. The standard InChI is InChI=1S/C12H19NO2/c1-13-10-11-6-2-3-7-12(11)15-9-5-4-8-14/h2-3,6-7,13-14H,4-5,8-10H2,1H3. The summed E-state index contributed by atoms with van der Waals surface area (Å²) in [7, 11) is 1.92. The van der Waals surface area contributed by atoms with Crippen LogP contribution in [0.15, 0.2) is 24.3 Å². The SMILES string of the molecule is CNCc1ccccc1OCCCCO. The first-order chi connectivity index (χ1) is 7.38. The first-order valence-electron chi connectivity index (χ1n) is 5.34. The molecule has 0 fully saturated rings. The molecule has 15 heavy (non-hydrogen) atoms. The molecular weight excluding hydrogens is 190 g/mol. The summed E-state index contributed by atoms with van der Waals surface area (Å²) in [6, 6.07) is 8.01. The Morgan fingerprint density at radius 1 is 1.27 bits per heavy atom. The smallest absolute Gasteiger partial charge is 0.123 e. The van der Waals surface area contributed by atoms with Crippen LogP contribution in [0.5, 0.6) is 5.75 Å². The first kappa shape index (κ1) is 12.0. The number of hydrogen-bond acceptors (Lipinski definition) is 3. The number of para-hydroxylation sites is 1. The number of nitrogens with one attached hydrogen (secondary N) is 1. The van der Waals surface area contributed by atoms with E-state index in [-0.39, 0.29) is 6.61 Å². The van der Waals surface area contributed by atoms with Gasteiger partial charge in [-0.2, -0.15) is 0 Å². The lowest BCUT2D eigenvalue weighted by Crippen LogP contribution is -2.08. The predicted molar refractivity (Wildman–Crippen MR) is 61.0 cm³/mol. The highest BCUT2D eigenvalue weighted by Crippen LogP contribution is 2.17.